The highest BCUT2D eigenvalue weighted by molar-refractivity contribution is 5.87. The van der Waals surface area contributed by atoms with Crippen LogP contribution in [-0.2, 0) is 20.7 Å². The predicted molar refractivity (Wildman–Crippen MR) is 113 cm³/mol. The molecule has 5 N–H and O–H groups in total. The Morgan fingerprint density at radius 3 is 2.47 bits per heavy atom. The molecule has 1 aliphatic rings. The highest BCUT2D eigenvalue weighted by Crippen LogP contribution is 2.31. The normalized spacial score (nSPS) is 25.6. The van der Waals surface area contributed by atoms with Gasteiger partial charge in [-0.3, -0.25) is 0 Å². The summed E-state index contributed by atoms with van der Waals surface area (Å²) in [5, 5.41) is 49.1. The van der Waals surface area contributed by atoms with Crippen LogP contribution in [0.5, 0.6) is 11.5 Å². The number of phenolic OH excluding ortho intramolecular Hbond substituents is 1. The molecule has 2 aromatic carbocycles. The van der Waals surface area contributed by atoms with Crippen LogP contribution in [0.4, 0.5) is 0 Å². The van der Waals surface area contributed by atoms with Gasteiger partial charge in [-0.25, -0.2) is 4.79 Å². The summed E-state index contributed by atoms with van der Waals surface area (Å²) >= 11 is 0. The van der Waals surface area contributed by atoms with E-state index < -0.39 is 43.3 Å². The van der Waals surface area contributed by atoms with Gasteiger partial charge in [-0.1, -0.05) is 36.4 Å². The minimum atomic E-state index is -1.60. The van der Waals surface area contributed by atoms with Crippen LogP contribution in [-0.4, -0.2) is 75.4 Å². The molecule has 3 rings (SSSR count). The molecule has 1 fully saturated rings. The van der Waals surface area contributed by atoms with Crippen LogP contribution in [0.2, 0.25) is 0 Å². The molecule has 0 bridgehead atoms. The molecule has 1 heterocycles. The maximum atomic E-state index is 11.9. The minimum absolute atomic E-state index is 0.0584. The van der Waals surface area contributed by atoms with Crippen LogP contribution in [0.1, 0.15) is 11.1 Å². The molecule has 32 heavy (non-hydrogen) atoms. The number of phenols is 1. The zero-order chi connectivity index (χ0) is 23.1. The number of benzene rings is 2. The van der Waals surface area contributed by atoms with E-state index >= 15 is 0 Å². The maximum Gasteiger partial charge on any atom is 0.330 e. The Morgan fingerprint density at radius 2 is 1.78 bits per heavy atom. The van der Waals surface area contributed by atoms with Crippen molar-refractivity contribution in [1.29, 1.82) is 0 Å². The molecule has 0 radical (unpaired) electrons. The summed E-state index contributed by atoms with van der Waals surface area (Å²) in [6, 6.07) is 13.9. The first-order valence-electron chi connectivity index (χ1n) is 10.1. The van der Waals surface area contributed by atoms with Crippen molar-refractivity contribution in [2.75, 3.05) is 13.2 Å². The number of aliphatic hydroxyl groups excluding tert-OH is 4. The Morgan fingerprint density at radius 1 is 1.03 bits per heavy atom. The molecule has 9 nitrogen and oxygen atoms in total. The van der Waals surface area contributed by atoms with Gasteiger partial charge in [0.2, 0.25) is 6.29 Å². The number of esters is 1. The quantitative estimate of drug-likeness (QED) is 0.287. The summed E-state index contributed by atoms with van der Waals surface area (Å²) in [6.45, 7) is -0.355. The molecular formula is C23H26O9. The van der Waals surface area contributed by atoms with Crippen molar-refractivity contribution in [2.45, 2.75) is 37.1 Å². The topological polar surface area (TPSA) is 146 Å². The number of hydrogen-bond donors (Lipinski definition) is 5. The second-order valence-corrected chi connectivity index (χ2v) is 7.28. The molecule has 0 amide bonds. The molecule has 1 aliphatic heterocycles. The lowest BCUT2D eigenvalue weighted by molar-refractivity contribution is -0.277. The highest BCUT2D eigenvalue weighted by Gasteiger charge is 2.44. The van der Waals surface area contributed by atoms with Gasteiger partial charge >= 0.3 is 5.97 Å². The van der Waals surface area contributed by atoms with Crippen LogP contribution in [0, 0.1) is 0 Å². The van der Waals surface area contributed by atoms with Gasteiger partial charge in [0.25, 0.3) is 0 Å². The summed E-state index contributed by atoms with van der Waals surface area (Å²) < 4.78 is 15.8. The summed E-state index contributed by atoms with van der Waals surface area (Å²) in [5.74, 6) is -0.888. The van der Waals surface area contributed by atoms with E-state index in [1.807, 2.05) is 30.3 Å². The van der Waals surface area contributed by atoms with Crippen LogP contribution in [0.25, 0.3) is 6.08 Å². The summed E-state index contributed by atoms with van der Waals surface area (Å²) in [5.41, 5.74) is 1.55. The van der Waals surface area contributed by atoms with Crippen LogP contribution >= 0.6 is 0 Å². The summed E-state index contributed by atoms with van der Waals surface area (Å²) in [4.78, 5) is 11.9. The largest absolute Gasteiger partial charge is 0.504 e. The zero-order valence-electron chi connectivity index (χ0n) is 17.2. The molecule has 5 atom stereocenters. The Labute approximate surface area is 184 Å². The summed E-state index contributed by atoms with van der Waals surface area (Å²) in [7, 11) is 0. The molecule has 9 heteroatoms. The number of aliphatic hydroxyl groups is 4. The van der Waals surface area contributed by atoms with Crippen LogP contribution < -0.4 is 4.74 Å². The van der Waals surface area contributed by atoms with Gasteiger partial charge in [0.1, 0.15) is 24.4 Å². The summed E-state index contributed by atoms with van der Waals surface area (Å²) in [6.07, 6.45) is -3.96. The average Bonchev–Trinajstić information content (AvgIpc) is 2.80. The first kappa shape index (κ1) is 23.7. The lowest BCUT2D eigenvalue weighted by Gasteiger charge is -2.39. The number of rotatable bonds is 8. The third kappa shape index (κ3) is 6.06. The van der Waals surface area contributed by atoms with Gasteiger partial charge in [0.05, 0.1) is 13.2 Å². The molecule has 1 saturated heterocycles. The molecule has 172 valence electrons. The molecule has 0 spiro atoms. The van der Waals surface area contributed by atoms with E-state index in [2.05, 4.69) is 0 Å². The van der Waals surface area contributed by atoms with Crippen molar-refractivity contribution in [3.05, 3.63) is 65.7 Å². The van der Waals surface area contributed by atoms with Crippen molar-refractivity contribution in [1.82, 2.24) is 0 Å². The lowest BCUT2D eigenvalue weighted by Crippen LogP contribution is -2.60. The van der Waals surface area contributed by atoms with Gasteiger partial charge in [0.15, 0.2) is 11.5 Å². The number of carbonyl (C=O) groups excluding carboxylic acids is 1. The number of carbonyl (C=O) groups is 1. The molecule has 0 aromatic heterocycles. The second kappa shape index (κ2) is 11.1. The van der Waals surface area contributed by atoms with Gasteiger partial charge < -0.3 is 39.7 Å². The van der Waals surface area contributed by atoms with E-state index in [9.17, 15) is 30.3 Å². The standard InChI is InChI=1S/C23H26O9/c24-13-18-20(27)21(28)22(29)23(32-18)31-17-8-6-15(12-16(17)25)7-9-19(26)30-11-10-14-4-2-1-3-5-14/h1-9,12,18,20-25,27-29H,10-11,13H2/b9-7+/t18-,20-,21+,22-,23-/m1/s1. The Balaban J connectivity index is 1.54. The fourth-order valence-corrected chi connectivity index (χ4v) is 3.15. The predicted octanol–water partition coefficient (Wildman–Crippen LogP) is 0.370. The monoisotopic (exact) mass is 446 g/mol. The fourth-order valence-electron chi connectivity index (χ4n) is 3.15. The molecule has 2 aromatic rings. The van der Waals surface area contributed by atoms with E-state index in [-0.39, 0.29) is 18.1 Å². The Hall–Kier alpha value is -2.95. The molecule has 0 aliphatic carbocycles. The van der Waals surface area contributed by atoms with Crippen molar-refractivity contribution < 1.29 is 44.5 Å². The van der Waals surface area contributed by atoms with E-state index in [4.69, 9.17) is 14.2 Å². The molecule has 0 saturated carbocycles. The average molecular weight is 446 g/mol. The minimum Gasteiger partial charge on any atom is -0.504 e. The third-order valence-electron chi connectivity index (χ3n) is 4.96. The van der Waals surface area contributed by atoms with E-state index in [0.717, 1.165) is 5.56 Å². The fraction of sp³-hybridized carbons (Fsp3) is 0.348. The van der Waals surface area contributed by atoms with E-state index in [0.29, 0.717) is 12.0 Å². The second-order valence-electron chi connectivity index (χ2n) is 7.28. The highest BCUT2D eigenvalue weighted by atomic mass is 16.7. The van der Waals surface area contributed by atoms with Crippen molar-refractivity contribution >= 4 is 12.0 Å². The van der Waals surface area contributed by atoms with E-state index in [1.54, 1.807) is 6.07 Å². The van der Waals surface area contributed by atoms with Crippen molar-refractivity contribution in [3.8, 4) is 11.5 Å². The molecular weight excluding hydrogens is 420 g/mol. The Kier molecular flexibility index (Phi) is 8.20. The van der Waals surface area contributed by atoms with Crippen LogP contribution in [0.15, 0.2) is 54.6 Å². The van der Waals surface area contributed by atoms with Crippen molar-refractivity contribution in [3.63, 3.8) is 0 Å². The zero-order valence-corrected chi connectivity index (χ0v) is 17.2. The number of ether oxygens (including phenoxy) is 3. The van der Waals surface area contributed by atoms with Crippen LogP contribution in [0.3, 0.4) is 0 Å². The van der Waals surface area contributed by atoms with Gasteiger partial charge in [0, 0.05) is 12.5 Å². The lowest BCUT2D eigenvalue weighted by atomic mass is 9.99. The first-order valence-corrected chi connectivity index (χ1v) is 10.1. The SMILES string of the molecule is O=C(/C=C/c1ccc(O[C@@H]2O[C@H](CO)[C@@H](O)[C@H](O)[C@H]2O)c(O)c1)OCCc1ccccc1. The number of hydrogen-bond acceptors (Lipinski definition) is 9. The number of aromatic hydroxyl groups is 1. The van der Waals surface area contributed by atoms with Crippen molar-refractivity contribution in [2.24, 2.45) is 0 Å². The first-order chi connectivity index (χ1) is 15.4. The van der Waals surface area contributed by atoms with Gasteiger partial charge in [-0.2, -0.15) is 0 Å². The Bertz CT molecular complexity index is 913. The van der Waals surface area contributed by atoms with Gasteiger partial charge in [-0.05, 0) is 29.3 Å². The third-order valence-corrected chi connectivity index (χ3v) is 4.96. The maximum absolute atomic E-state index is 11.9. The molecule has 0 unspecified atom stereocenters. The smallest absolute Gasteiger partial charge is 0.330 e. The van der Waals surface area contributed by atoms with Gasteiger partial charge in [-0.15, -0.1) is 0 Å². The van der Waals surface area contributed by atoms with E-state index in [1.165, 1.54) is 24.3 Å².